The highest BCUT2D eigenvalue weighted by Crippen LogP contribution is 2.25. The summed E-state index contributed by atoms with van der Waals surface area (Å²) in [5.74, 6) is 0.665. The van der Waals surface area contributed by atoms with Gasteiger partial charge in [0.2, 0.25) is 0 Å². The Morgan fingerprint density at radius 3 is 2.63 bits per heavy atom. The van der Waals surface area contributed by atoms with Gasteiger partial charge in [-0.3, -0.25) is 9.69 Å². The second kappa shape index (κ2) is 5.40. The third-order valence-electron chi connectivity index (χ3n) is 3.09. The van der Waals surface area contributed by atoms with Gasteiger partial charge in [0.15, 0.2) is 5.11 Å². The summed E-state index contributed by atoms with van der Waals surface area (Å²) >= 11 is 5.25. The van der Waals surface area contributed by atoms with Crippen molar-refractivity contribution in [1.82, 2.24) is 9.80 Å². The summed E-state index contributed by atoms with van der Waals surface area (Å²) in [5, 5.41) is 0.536. The van der Waals surface area contributed by atoms with Crippen LogP contribution in [0.2, 0.25) is 0 Å². The highest BCUT2D eigenvalue weighted by molar-refractivity contribution is 7.80. The molecular formula is C14H16N2O2S. The van der Waals surface area contributed by atoms with Crippen LogP contribution in [0.5, 0.6) is 5.75 Å². The van der Waals surface area contributed by atoms with Crippen molar-refractivity contribution in [3.8, 4) is 5.75 Å². The number of carbonyl (C=O) groups excluding carboxylic acids is 1. The third kappa shape index (κ3) is 2.33. The first-order chi connectivity index (χ1) is 9.10. The van der Waals surface area contributed by atoms with E-state index in [4.69, 9.17) is 17.0 Å². The van der Waals surface area contributed by atoms with E-state index in [0.717, 1.165) is 11.3 Å². The summed E-state index contributed by atoms with van der Waals surface area (Å²) < 4.78 is 5.29. The summed E-state index contributed by atoms with van der Waals surface area (Å²) in [4.78, 5) is 15.6. The number of hydrogen-bond donors (Lipinski definition) is 0. The largest absolute Gasteiger partial charge is 0.496 e. The molecule has 1 aromatic rings. The molecule has 4 nitrogen and oxygen atoms in total. The standard InChI is InChI=1S/C14H16N2O2S/c1-4-16-13(17)11(15(2)14(16)19)9-10-7-5-6-8-12(10)18-3/h5-9H,4H2,1-3H3/b11-9-. The molecule has 0 saturated carbocycles. The van der Waals surface area contributed by atoms with Gasteiger partial charge in [0.1, 0.15) is 11.4 Å². The van der Waals surface area contributed by atoms with Crippen LogP contribution in [-0.4, -0.2) is 41.5 Å². The number of thiocarbonyl (C=S) groups is 1. The molecular weight excluding hydrogens is 260 g/mol. The van der Waals surface area contributed by atoms with Gasteiger partial charge in [-0.25, -0.2) is 0 Å². The molecule has 0 spiro atoms. The van der Waals surface area contributed by atoms with Crippen molar-refractivity contribution < 1.29 is 9.53 Å². The number of carbonyl (C=O) groups is 1. The number of amides is 1. The van der Waals surface area contributed by atoms with Crippen molar-refractivity contribution in [3.05, 3.63) is 35.5 Å². The van der Waals surface area contributed by atoms with Crippen LogP contribution in [0.4, 0.5) is 0 Å². The van der Waals surface area contributed by atoms with Crippen molar-refractivity contribution in [2.75, 3.05) is 20.7 Å². The Labute approximate surface area is 118 Å². The predicted octanol–water partition coefficient (Wildman–Crippen LogP) is 2.11. The van der Waals surface area contributed by atoms with Crippen molar-refractivity contribution in [3.63, 3.8) is 0 Å². The maximum absolute atomic E-state index is 12.2. The zero-order chi connectivity index (χ0) is 14.0. The van der Waals surface area contributed by atoms with Crippen LogP contribution in [0, 0.1) is 0 Å². The molecule has 1 aliphatic rings. The van der Waals surface area contributed by atoms with Crippen LogP contribution < -0.4 is 4.74 Å². The lowest BCUT2D eigenvalue weighted by atomic mass is 10.1. The van der Waals surface area contributed by atoms with Crippen LogP contribution in [0.15, 0.2) is 30.0 Å². The lowest BCUT2D eigenvalue weighted by Crippen LogP contribution is -2.30. The van der Waals surface area contributed by atoms with E-state index in [9.17, 15) is 4.79 Å². The van der Waals surface area contributed by atoms with Crippen LogP contribution in [0.25, 0.3) is 6.08 Å². The number of benzene rings is 1. The van der Waals surface area contributed by atoms with Gasteiger partial charge in [-0.1, -0.05) is 18.2 Å². The molecule has 1 saturated heterocycles. The molecule has 1 aromatic carbocycles. The maximum atomic E-state index is 12.2. The molecule has 0 atom stereocenters. The van der Waals surface area contributed by atoms with Crippen molar-refractivity contribution in [2.45, 2.75) is 6.92 Å². The fraction of sp³-hybridized carbons (Fsp3) is 0.286. The van der Waals surface area contributed by atoms with E-state index in [0.29, 0.717) is 17.4 Å². The highest BCUT2D eigenvalue weighted by Gasteiger charge is 2.34. The van der Waals surface area contributed by atoms with E-state index < -0.39 is 0 Å². The molecule has 19 heavy (non-hydrogen) atoms. The molecule has 0 aliphatic carbocycles. The van der Waals surface area contributed by atoms with E-state index in [1.165, 1.54) is 0 Å². The first-order valence-electron chi connectivity index (χ1n) is 6.04. The molecule has 1 aliphatic heterocycles. The van der Waals surface area contributed by atoms with Crippen molar-refractivity contribution in [2.24, 2.45) is 0 Å². The predicted molar refractivity (Wildman–Crippen MR) is 78.7 cm³/mol. The molecule has 0 aromatic heterocycles. The number of ether oxygens (including phenoxy) is 1. The molecule has 1 fully saturated rings. The number of para-hydroxylation sites is 1. The number of rotatable bonds is 3. The first-order valence-corrected chi connectivity index (χ1v) is 6.45. The Morgan fingerprint density at radius 1 is 1.37 bits per heavy atom. The van der Waals surface area contributed by atoms with Crippen molar-refractivity contribution in [1.29, 1.82) is 0 Å². The van der Waals surface area contributed by atoms with Gasteiger partial charge < -0.3 is 9.64 Å². The summed E-state index contributed by atoms with van der Waals surface area (Å²) in [7, 11) is 3.41. The Kier molecular flexibility index (Phi) is 3.85. The van der Waals surface area contributed by atoms with Crippen LogP contribution in [0.3, 0.4) is 0 Å². The molecule has 1 amide bonds. The smallest absolute Gasteiger partial charge is 0.276 e. The summed E-state index contributed by atoms with van der Waals surface area (Å²) in [5.41, 5.74) is 1.43. The average molecular weight is 276 g/mol. The van der Waals surface area contributed by atoms with E-state index >= 15 is 0 Å². The van der Waals surface area contributed by atoms with Crippen LogP contribution >= 0.6 is 12.2 Å². The topological polar surface area (TPSA) is 32.8 Å². The van der Waals surface area contributed by atoms with Crippen molar-refractivity contribution >= 4 is 29.3 Å². The summed E-state index contributed by atoms with van der Waals surface area (Å²) in [6, 6.07) is 7.57. The first kappa shape index (κ1) is 13.5. The van der Waals surface area contributed by atoms with Gasteiger partial charge in [0.05, 0.1) is 7.11 Å². The third-order valence-corrected chi connectivity index (χ3v) is 3.59. The van der Waals surface area contributed by atoms with Gasteiger partial charge in [0.25, 0.3) is 5.91 Å². The maximum Gasteiger partial charge on any atom is 0.276 e. The van der Waals surface area contributed by atoms with E-state index in [1.807, 2.05) is 37.3 Å². The quantitative estimate of drug-likeness (QED) is 0.625. The molecule has 0 bridgehead atoms. The van der Waals surface area contributed by atoms with Gasteiger partial charge in [-0.05, 0) is 31.3 Å². The number of methoxy groups -OCH3 is 1. The normalized spacial score (nSPS) is 17.5. The number of likely N-dealkylation sites (N-methyl/N-ethyl adjacent to an activating group) is 2. The monoisotopic (exact) mass is 276 g/mol. The molecule has 0 N–H and O–H groups in total. The minimum Gasteiger partial charge on any atom is -0.496 e. The fourth-order valence-electron chi connectivity index (χ4n) is 2.02. The second-order valence-corrected chi connectivity index (χ2v) is 4.53. The molecule has 5 heteroatoms. The lowest BCUT2D eigenvalue weighted by molar-refractivity contribution is -0.122. The highest BCUT2D eigenvalue weighted by atomic mass is 32.1. The SMILES string of the molecule is CCN1C(=O)/C(=C/c2ccccc2OC)N(C)C1=S. The van der Waals surface area contributed by atoms with Gasteiger partial charge >= 0.3 is 0 Å². The summed E-state index contributed by atoms with van der Waals surface area (Å²) in [6.07, 6.45) is 1.81. The van der Waals surface area contributed by atoms with Crippen LogP contribution in [0.1, 0.15) is 12.5 Å². The zero-order valence-electron chi connectivity index (χ0n) is 11.2. The van der Waals surface area contributed by atoms with Gasteiger partial charge in [-0.15, -0.1) is 0 Å². The minimum absolute atomic E-state index is 0.0686. The van der Waals surface area contributed by atoms with Gasteiger partial charge in [0, 0.05) is 19.2 Å². The van der Waals surface area contributed by atoms with Crippen LogP contribution in [-0.2, 0) is 4.79 Å². The van der Waals surface area contributed by atoms with E-state index in [-0.39, 0.29) is 5.91 Å². The lowest BCUT2D eigenvalue weighted by Gasteiger charge is -2.13. The molecule has 0 radical (unpaired) electrons. The van der Waals surface area contributed by atoms with E-state index in [2.05, 4.69) is 0 Å². The zero-order valence-corrected chi connectivity index (χ0v) is 12.0. The second-order valence-electron chi connectivity index (χ2n) is 4.16. The molecule has 2 rings (SSSR count). The fourth-order valence-corrected chi connectivity index (χ4v) is 2.33. The number of nitrogens with zero attached hydrogens (tertiary/aromatic N) is 2. The molecule has 100 valence electrons. The number of hydrogen-bond acceptors (Lipinski definition) is 3. The summed E-state index contributed by atoms with van der Waals surface area (Å²) in [6.45, 7) is 2.48. The Bertz CT molecular complexity index is 554. The minimum atomic E-state index is -0.0686. The Hall–Kier alpha value is -1.88. The Balaban J connectivity index is 2.43. The molecule has 1 heterocycles. The molecule has 0 unspecified atom stereocenters. The average Bonchev–Trinajstić information content (AvgIpc) is 2.63. The Morgan fingerprint density at radius 2 is 2.05 bits per heavy atom. The van der Waals surface area contributed by atoms with Gasteiger partial charge in [-0.2, -0.15) is 0 Å². The van der Waals surface area contributed by atoms with E-state index in [1.54, 1.807) is 24.0 Å².